The minimum Gasteiger partial charge on any atom is -0.491 e. The van der Waals surface area contributed by atoms with Gasteiger partial charge in [-0.2, -0.15) is 23.5 Å². The molecular weight excluding hydrogens is 408 g/mol. The molecule has 8 heteroatoms. The fourth-order valence-electron chi connectivity index (χ4n) is 3.12. The fraction of sp³-hybridized carbons (Fsp3) is 0.714. The number of rotatable bonds is 14. The van der Waals surface area contributed by atoms with Gasteiger partial charge in [-0.25, -0.2) is 0 Å². The Kier molecular flexibility index (Phi) is 9.27. The van der Waals surface area contributed by atoms with E-state index in [-0.39, 0.29) is 22.6 Å². The van der Waals surface area contributed by atoms with Gasteiger partial charge in [0.05, 0.1) is 0 Å². The van der Waals surface area contributed by atoms with Crippen molar-refractivity contribution in [3.05, 3.63) is 23.7 Å². The molecule has 2 aromatic heterocycles. The smallest absolute Gasteiger partial charge is 0.251 e. The van der Waals surface area contributed by atoms with Gasteiger partial charge in [-0.3, -0.25) is 0 Å². The zero-order valence-electron chi connectivity index (χ0n) is 17.9. The maximum absolute atomic E-state index is 9.33. The average Bonchev–Trinajstić information content (AvgIpc) is 3.29. The van der Waals surface area contributed by atoms with Crippen LogP contribution in [-0.2, 0) is 10.8 Å². The van der Waals surface area contributed by atoms with E-state index in [1.807, 2.05) is 23.5 Å². The summed E-state index contributed by atoms with van der Waals surface area (Å²) in [6.45, 7) is 8.50. The minimum atomic E-state index is -0.0946. The molecule has 0 aliphatic carbocycles. The van der Waals surface area contributed by atoms with Crippen LogP contribution in [0.1, 0.15) is 71.3 Å². The van der Waals surface area contributed by atoms with Crippen molar-refractivity contribution in [3.63, 3.8) is 0 Å². The number of thioether (sulfide) groups is 2. The van der Waals surface area contributed by atoms with Crippen molar-refractivity contribution in [1.82, 2.24) is 10.3 Å². The molecule has 2 rings (SSSR count). The van der Waals surface area contributed by atoms with Crippen LogP contribution in [0, 0.1) is 0 Å². The Balaban J connectivity index is 1.45. The lowest BCUT2D eigenvalue weighted by Gasteiger charge is -2.20. The Bertz CT molecular complexity index is 668. The van der Waals surface area contributed by atoms with Crippen LogP contribution in [0.3, 0.4) is 0 Å². The first kappa shape index (κ1) is 24.0. The number of aromatic hydroxyl groups is 2. The van der Waals surface area contributed by atoms with E-state index in [2.05, 4.69) is 38.0 Å². The third-order valence-corrected chi connectivity index (χ3v) is 7.40. The van der Waals surface area contributed by atoms with Gasteiger partial charge in [-0.05, 0) is 65.4 Å². The number of aromatic nitrogens is 2. The molecule has 0 radical (unpaired) electrons. The highest BCUT2D eigenvalue weighted by atomic mass is 32.2. The summed E-state index contributed by atoms with van der Waals surface area (Å²) in [6, 6.07) is 3.22. The zero-order chi connectivity index (χ0) is 21.3. The van der Waals surface area contributed by atoms with Gasteiger partial charge < -0.3 is 19.3 Å². The lowest BCUT2D eigenvalue weighted by Crippen LogP contribution is -2.16. The Morgan fingerprint density at radius 2 is 1.10 bits per heavy atom. The Morgan fingerprint density at radius 3 is 1.45 bits per heavy atom. The van der Waals surface area contributed by atoms with E-state index in [1.54, 1.807) is 12.1 Å². The van der Waals surface area contributed by atoms with Crippen molar-refractivity contribution >= 4 is 23.5 Å². The van der Waals surface area contributed by atoms with Crippen LogP contribution in [0.15, 0.2) is 21.2 Å². The lowest BCUT2D eigenvalue weighted by atomic mass is 9.85. The first-order chi connectivity index (χ1) is 13.7. The van der Waals surface area contributed by atoms with Crippen molar-refractivity contribution in [2.75, 3.05) is 23.0 Å². The summed E-state index contributed by atoms with van der Waals surface area (Å²) >= 11 is 4.02. The Hall–Kier alpha value is -1.28. The molecule has 0 bridgehead atoms. The first-order valence-electron chi connectivity index (χ1n) is 10.2. The van der Waals surface area contributed by atoms with E-state index in [9.17, 15) is 10.2 Å². The normalized spacial score (nSPS) is 12.6. The van der Waals surface area contributed by atoms with Crippen molar-refractivity contribution in [2.45, 2.75) is 70.6 Å². The monoisotopic (exact) mass is 442 g/mol. The molecule has 2 N–H and O–H groups in total. The van der Waals surface area contributed by atoms with Gasteiger partial charge in [-0.15, -0.1) is 0 Å². The summed E-state index contributed by atoms with van der Waals surface area (Å²) in [5.41, 5.74) is -0.189. The minimum absolute atomic E-state index is 0.0409. The van der Waals surface area contributed by atoms with E-state index in [1.165, 1.54) is 17.9 Å². The number of hydrogen-bond donors (Lipinski definition) is 2. The van der Waals surface area contributed by atoms with Crippen molar-refractivity contribution in [2.24, 2.45) is 0 Å². The zero-order valence-corrected chi connectivity index (χ0v) is 19.6. The highest BCUT2D eigenvalue weighted by Gasteiger charge is 2.26. The first-order valence-corrected chi connectivity index (χ1v) is 12.5. The number of nitrogens with zero attached hydrogens (tertiary/aromatic N) is 2. The molecule has 0 amide bonds. The summed E-state index contributed by atoms with van der Waals surface area (Å²) in [4.78, 5) is 0. The van der Waals surface area contributed by atoms with Crippen molar-refractivity contribution in [1.29, 1.82) is 0 Å². The van der Waals surface area contributed by atoms with Crippen LogP contribution in [0.5, 0.6) is 11.8 Å². The van der Waals surface area contributed by atoms with Gasteiger partial charge in [-0.1, -0.05) is 27.7 Å². The Morgan fingerprint density at radius 1 is 0.724 bits per heavy atom. The summed E-state index contributed by atoms with van der Waals surface area (Å²) in [6.07, 6.45) is 5.51. The molecule has 0 saturated heterocycles. The van der Waals surface area contributed by atoms with E-state index >= 15 is 0 Å². The third-order valence-electron chi connectivity index (χ3n) is 5.09. The van der Waals surface area contributed by atoms with Gasteiger partial charge >= 0.3 is 0 Å². The fourth-order valence-corrected chi connectivity index (χ4v) is 5.10. The number of hydrogen-bond acceptors (Lipinski definition) is 8. The van der Waals surface area contributed by atoms with Gasteiger partial charge in [0.1, 0.15) is 11.5 Å². The lowest BCUT2D eigenvalue weighted by molar-refractivity contribution is 0.290. The summed E-state index contributed by atoms with van der Waals surface area (Å²) < 4.78 is 10.4. The van der Waals surface area contributed by atoms with E-state index < -0.39 is 0 Å². The molecule has 29 heavy (non-hydrogen) atoms. The molecule has 0 unspecified atom stereocenters. The predicted octanol–water partition coefficient (Wildman–Crippen LogP) is 5.75. The molecule has 0 fully saturated rings. The molecule has 164 valence electrons. The van der Waals surface area contributed by atoms with Crippen molar-refractivity contribution < 1.29 is 19.3 Å². The Labute approximate surface area is 182 Å². The molecule has 6 nitrogen and oxygen atoms in total. The van der Waals surface area contributed by atoms with Crippen LogP contribution in [-0.4, -0.2) is 43.5 Å². The van der Waals surface area contributed by atoms with Crippen LogP contribution in [0.2, 0.25) is 0 Å². The van der Waals surface area contributed by atoms with Crippen molar-refractivity contribution in [3.8, 4) is 11.8 Å². The molecule has 0 aliphatic heterocycles. The van der Waals surface area contributed by atoms with Gasteiger partial charge in [0, 0.05) is 23.0 Å². The van der Waals surface area contributed by atoms with Crippen LogP contribution in [0.4, 0.5) is 0 Å². The average molecular weight is 443 g/mol. The second kappa shape index (κ2) is 11.2. The maximum atomic E-state index is 9.33. The van der Waals surface area contributed by atoms with E-state index in [4.69, 9.17) is 9.05 Å². The van der Waals surface area contributed by atoms with E-state index in [0.29, 0.717) is 0 Å². The molecule has 0 spiro atoms. The summed E-state index contributed by atoms with van der Waals surface area (Å²) in [7, 11) is 0. The second-order valence-corrected chi connectivity index (χ2v) is 11.1. The molecule has 0 atom stereocenters. The summed E-state index contributed by atoms with van der Waals surface area (Å²) in [5.74, 6) is 6.10. The second-order valence-electron chi connectivity index (χ2n) is 8.65. The third kappa shape index (κ3) is 8.16. The maximum Gasteiger partial charge on any atom is 0.251 e. The summed E-state index contributed by atoms with van der Waals surface area (Å²) in [5, 5.41) is 25.8. The van der Waals surface area contributed by atoms with Crippen LogP contribution >= 0.6 is 23.5 Å². The quantitative estimate of drug-likeness (QED) is 0.357. The SMILES string of the molecule is CC(C)(CCCSCCCSCCCC(C)(C)c1cc(O)no1)c1cc(O)no1. The van der Waals surface area contributed by atoms with E-state index in [0.717, 1.165) is 48.7 Å². The topological polar surface area (TPSA) is 92.5 Å². The largest absolute Gasteiger partial charge is 0.491 e. The molecular formula is C21H34N2O4S2. The van der Waals surface area contributed by atoms with Crippen LogP contribution < -0.4 is 0 Å². The molecule has 2 aromatic rings. The molecule has 0 aliphatic rings. The van der Waals surface area contributed by atoms with Gasteiger partial charge in [0.15, 0.2) is 0 Å². The molecule has 2 heterocycles. The van der Waals surface area contributed by atoms with Gasteiger partial charge in [0.2, 0.25) is 0 Å². The van der Waals surface area contributed by atoms with Crippen LogP contribution in [0.25, 0.3) is 0 Å². The van der Waals surface area contributed by atoms with Gasteiger partial charge in [0.25, 0.3) is 11.8 Å². The molecule has 0 aromatic carbocycles. The highest BCUT2D eigenvalue weighted by molar-refractivity contribution is 8.00. The standard InChI is InChI=1S/C21H34N2O4S2/c1-20(2,16-14-18(24)22-26-16)8-5-10-28-12-7-13-29-11-6-9-21(3,4)17-15-19(25)23-27-17/h14-15H,5-13H2,1-4H3,(H,22,24)(H,23,25). The predicted molar refractivity (Wildman–Crippen MR) is 120 cm³/mol. The molecule has 0 saturated carbocycles. The highest BCUT2D eigenvalue weighted by Crippen LogP contribution is 2.32.